The number of halogens is 4. The number of benzene rings is 1. The van der Waals surface area contributed by atoms with Gasteiger partial charge in [-0.1, -0.05) is 61.7 Å². The standard InChI is InChI=1S/C9H9BrCl2INO2S/c10-6-4-7(11)9(8(12)5-6)17(15,16)14-3-1-2-13/h4-5,14H,1-3H2. The highest BCUT2D eigenvalue weighted by Gasteiger charge is 2.21. The zero-order chi connectivity index (χ0) is 13.1. The molecule has 0 amide bonds. The van der Waals surface area contributed by atoms with E-state index in [1.54, 1.807) is 0 Å². The number of nitrogens with one attached hydrogen (secondary N) is 1. The van der Waals surface area contributed by atoms with Crippen LogP contribution >= 0.6 is 61.7 Å². The van der Waals surface area contributed by atoms with Crippen molar-refractivity contribution in [2.75, 3.05) is 11.0 Å². The molecule has 8 heteroatoms. The molecule has 3 nitrogen and oxygen atoms in total. The van der Waals surface area contributed by atoms with E-state index in [2.05, 4.69) is 43.2 Å². The Balaban J connectivity index is 3.07. The molecule has 0 aliphatic carbocycles. The second kappa shape index (κ2) is 6.91. The zero-order valence-electron chi connectivity index (χ0n) is 8.51. The van der Waals surface area contributed by atoms with Crippen molar-refractivity contribution in [1.82, 2.24) is 4.72 Å². The highest BCUT2D eigenvalue weighted by molar-refractivity contribution is 14.1. The maximum atomic E-state index is 12.0. The number of sulfonamides is 1. The van der Waals surface area contributed by atoms with Crippen molar-refractivity contribution < 1.29 is 8.42 Å². The summed E-state index contributed by atoms with van der Waals surface area (Å²) < 4.78 is 27.9. The largest absolute Gasteiger partial charge is 0.243 e. The van der Waals surface area contributed by atoms with Crippen LogP contribution in [0.3, 0.4) is 0 Å². The lowest BCUT2D eigenvalue weighted by Crippen LogP contribution is -2.25. The molecule has 0 radical (unpaired) electrons. The lowest BCUT2D eigenvalue weighted by atomic mass is 10.4. The summed E-state index contributed by atoms with van der Waals surface area (Å²) in [6, 6.07) is 3.00. The van der Waals surface area contributed by atoms with Gasteiger partial charge >= 0.3 is 0 Å². The minimum Gasteiger partial charge on any atom is -0.211 e. The Morgan fingerprint density at radius 1 is 1.29 bits per heavy atom. The molecule has 0 aliphatic heterocycles. The fourth-order valence-electron chi connectivity index (χ4n) is 1.13. The number of hydrogen-bond acceptors (Lipinski definition) is 2. The Morgan fingerprint density at radius 2 is 1.82 bits per heavy atom. The van der Waals surface area contributed by atoms with Crippen LogP contribution in [0.5, 0.6) is 0 Å². The SMILES string of the molecule is O=S(=O)(NCCCI)c1c(Cl)cc(Br)cc1Cl. The Hall–Kier alpha value is 0.920. The van der Waals surface area contributed by atoms with Gasteiger partial charge in [0.25, 0.3) is 0 Å². The molecule has 0 aliphatic rings. The van der Waals surface area contributed by atoms with Gasteiger partial charge in [-0.3, -0.25) is 0 Å². The molecule has 0 heterocycles. The van der Waals surface area contributed by atoms with E-state index < -0.39 is 10.0 Å². The summed E-state index contributed by atoms with van der Waals surface area (Å²) in [7, 11) is -3.65. The summed E-state index contributed by atoms with van der Waals surface area (Å²) in [6.45, 7) is 0.369. The molecular weight excluding hydrogens is 464 g/mol. The average molecular weight is 473 g/mol. The monoisotopic (exact) mass is 471 g/mol. The number of rotatable bonds is 5. The first-order valence-corrected chi connectivity index (χ1v) is 9.14. The maximum absolute atomic E-state index is 12.0. The van der Waals surface area contributed by atoms with E-state index in [0.717, 1.165) is 10.8 Å². The Morgan fingerprint density at radius 3 is 2.29 bits per heavy atom. The van der Waals surface area contributed by atoms with Crippen LogP contribution in [0.15, 0.2) is 21.5 Å². The van der Waals surface area contributed by atoms with Gasteiger partial charge in [0.1, 0.15) is 4.90 Å². The number of hydrogen-bond donors (Lipinski definition) is 1. The molecule has 0 bridgehead atoms. The average Bonchev–Trinajstić information content (AvgIpc) is 2.15. The van der Waals surface area contributed by atoms with E-state index in [-0.39, 0.29) is 14.9 Å². The maximum Gasteiger partial charge on any atom is 0.243 e. The number of alkyl halides is 1. The highest BCUT2D eigenvalue weighted by Crippen LogP contribution is 2.32. The van der Waals surface area contributed by atoms with Crippen LogP contribution in [0.4, 0.5) is 0 Å². The second-order valence-corrected chi connectivity index (χ2v) is 7.65. The van der Waals surface area contributed by atoms with Crippen LogP contribution in [-0.2, 0) is 10.0 Å². The van der Waals surface area contributed by atoms with Crippen LogP contribution in [0.2, 0.25) is 10.0 Å². The van der Waals surface area contributed by atoms with E-state index in [9.17, 15) is 8.42 Å². The van der Waals surface area contributed by atoms with Crippen molar-refractivity contribution in [2.24, 2.45) is 0 Å². The predicted molar refractivity (Wildman–Crippen MR) is 82.9 cm³/mol. The lowest BCUT2D eigenvalue weighted by molar-refractivity contribution is 0.581. The van der Waals surface area contributed by atoms with Gasteiger partial charge in [0.2, 0.25) is 10.0 Å². The molecule has 0 fully saturated rings. The predicted octanol–water partition coefficient (Wildman–Crippen LogP) is 3.86. The van der Waals surface area contributed by atoms with E-state index in [1.165, 1.54) is 12.1 Å². The molecule has 1 N–H and O–H groups in total. The van der Waals surface area contributed by atoms with Gasteiger partial charge in [-0.2, -0.15) is 0 Å². The molecule has 0 spiro atoms. The first-order valence-electron chi connectivity index (χ1n) is 4.58. The Labute approximate surface area is 133 Å². The third kappa shape index (κ3) is 4.50. The fraction of sp³-hybridized carbons (Fsp3) is 0.333. The van der Waals surface area contributed by atoms with Crippen molar-refractivity contribution in [3.8, 4) is 0 Å². The van der Waals surface area contributed by atoms with Crippen LogP contribution in [-0.4, -0.2) is 19.4 Å². The highest BCUT2D eigenvalue weighted by atomic mass is 127. The minimum absolute atomic E-state index is 0.0718. The molecule has 0 saturated heterocycles. The van der Waals surface area contributed by atoms with E-state index in [4.69, 9.17) is 23.2 Å². The zero-order valence-corrected chi connectivity index (χ0v) is 14.6. The Bertz CT molecular complexity index is 487. The van der Waals surface area contributed by atoms with Gasteiger partial charge in [0.05, 0.1) is 10.0 Å². The van der Waals surface area contributed by atoms with E-state index in [0.29, 0.717) is 11.0 Å². The molecule has 0 atom stereocenters. The van der Waals surface area contributed by atoms with Crippen molar-refractivity contribution in [3.05, 3.63) is 26.7 Å². The smallest absolute Gasteiger partial charge is 0.211 e. The van der Waals surface area contributed by atoms with Crippen molar-refractivity contribution >= 4 is 71.7 Å². The normalized spacial score (nSPS) is 11.8. The van der Waals surface area contributed by atoms with Gasteiger partial charge in [0, 0.05) is 15.4 Å². The van der Waals surface area contributed by atoms with Crippen LogP contribution in [0.1, 0.15) is 6.42 Å². The molecule has 0 aromatic heterocycles. The van der Waals surface area contributed by atoms with Gasteiger partial charge in [-0.05, 0) is 18.6 Å². The molecule has 96 valence electrons. The summed E-state index contributed by atoms with van der Waals surface area (Å²) in [5.74, 6) is 0. The first-order chi connectivity index (χ1) is 7.88. The third-order valence-electron chi connectivity index (χ3n) is 1.83. The van der Waals surface area contributed by atoms with Gasteiger partial charge in [-0.25, -0.2) is 13.1 Å². The van der Waals surface area contributed by atoms with Crippen molar-refractivity contribution in [2.45, 2.75) is 11.3 Å². The van der Waals surface area contributed by atoms with Gasteiger partial charge in [-0.15, -0.1) is 0 Å². The third-order valence-corrected chi connectivity index (χ3v) is 5.44. The molecule has 0 unspecified atom stereocenters. The summed E-state index contributed by atoms with van der Waals surface area (Å²) in [5, 5.41) is 0.206. The molecule has 17 heavy (non-hydrogen) atoms. The first kappa shape index (κ1) is 16.0. The second-order valence-electron chi connectivity index (χ2n) is 3.14. The van der Waals surface area contributed by atoms with Crippen LogP contribution < -0.4 is 4.72 Å². The summed E-state index contributed by atoms with van der Waals surface area (Å²) in [4.78, 5) is -0.0718. The molecule has 1 aromatic rings. The van der Waals surface area contributed by atoms with Gasteiger partial charge in [0.15, 0.2) is 0 Å². The molecule has 0 saturated carbocycles. The topological polar surface area (TPSA) is 46.2 Å². The van der Waals surface area contributed by atoms with Crippen LogP contribution in [0.25, 0.3) is 0 Å². The lowest BCUT2D eigenvalue weighted by Gasteiger charge is -2.10. The van der Waals surface area contributed by atoms with Crippen molar-refractivity contribution in [1.29, 1.82) is 0 Å². The molecule has 1 aromatic carbocycles. The quantitative estimate of drug-likeness (QED) is 0.402. The summed E-state index contributed by atoms with van der Waals surface area (Å²) >= 11 is 17.2. The fourth-order valence-corrected chi connectivity index (χ4v) is 4.52. The van der Waals surface area contributed by atoms with Crippen LogP contribution in [0, 0.1) is 0 Å². The summed E-state index contributed by atoms with van der Waals surface area (Å²) in [6.07, 6.45) is 0.756. The Kier molecular flexibility index (Phi) is 6.49. The minimum atomic E-state index is -3.65. The molecular formula is C9H9BrCl2INO2S. The van der Waals surface area contributed by atoms with Gasteiger partial charge < -0.3 is 0 Å². The van der Waals surface area contributed by atoms with E-state index >= 15 is 0 Å². The summed E-state index contributed by atoms with van der Waals surface area (Å²) in [5.41, 5.74) is 0. The van der Waals surface area contributed by atoms with Crippen molar-refractivity contribution in [3.63, 3.8) is 0 Å². The van der Waals surface area contributed by atoms with E-state index in [1.807, 2.05) is 0 Å². The molecule has 1 rings (SSSR count).